The summed E-state index contributed by atoms with van der Waals surface area (Å²) in [6, 6.07) is 0.874. The number of hydrogen-bond acceptors (Lipinski definition) is 2. The van der Waals surface area contributed by atoms with E-state index in [9.17, 15) is 0 Å². The second kappa shape index (κ2) is 9.80. The summed E-state index contributed by atoms with van der Waals surface area (Å²) < 4.78 is 0. The first kappa shape index (κ1) is 16.0. The van der Waals surface area contributed by atoms with Gasteiger partial charge in [-0.3, -0.25) is 0 Å². The van der Waals surface area contributed by atoms with E-state index in [1.807, 2.05) is 0 Å². The highest BCUT2D eigenvalue weighted by Gasteiger charge is 2.20. The predicted octanol–water partition coefficient (Wildman–Crippen LogP) is 3.67. The first-order valence-electron chi connectivity index (χ1n) is 8.15. The van der Waals surface area contributed by atoms with Crippen molar-refractivity contribution in [3.8, 4) is 0 Å². The van der Waals surface area contributed by atoms with Crippen molar-refractivity contribution in [3.63, 3.8) is 0 Å². The van der Waals surface area contributed by atoms with Crippen molar-refractivity contribution < 1.29 is 0 Å². The Labute approximate surface area is 115 Å². The lowest BCUT2D eigenvalue weighted by Crippen LogP contribution is -2.35. The van der Waals surface area contributed by atoms with E-state index in [-0.39, 0.29) is 0 Å². The number of rotatable bonds is 9. The van der Waals surface area contributed by atoms with Gasteiger partial charge < -0.3 is 10.2 Å². The van der Waals surface area contributed by atoms with E-state index in [4.69, 9.17) is 0 Å². The summed E-state index contributed by atoms with van der Waals surface area (Å²) in [4.78, 5) is 2.62. The van der Waals surface area contributed by atoms with Gasteiger partial charge in [-0.15, -0.1) is 0 Å². The van der Waals surface area contributed by atoms with Crippen LogP contribution in [0.5, 0.6) is 0 Å². The molecule has 1 aliphatic carbocycles. The first-order valence-corrected chi connectivity index (χ1v) is 8.15. The molecular weight excluding hydrogens is 220 g/mol. The zero-order chi connectivity index (χ0) is 13.2. The van der Waals surface area contributed by atoms with Gasteiger partial charge in [0, 0.05) is 6.04 Å². The number of unbranched alkanes of at least 4 members (excludes halogenated alkanes) is 2. The van der Waals surface area contributed by atoms with Crippen molar-refractivity contribution in [2.75, 3.05) is 26.7 Å². The summed E-state index contributed by atoms with van der Waals surface area (Å²) in [5, 5.41) is 3.48. The highest BCUT2D eigenvalue weighted by molar-refractivity contribution is 4.76. The number of hydrogen-bond donors (Lipinski definition) is 1. The molecule has 0 saturated heterocycles. The standard InChI is InChI=1S/C16H34N2/c1-4-12-17-13-6-5-7-14-18(3)16-10-8-15(2)9-11-16/h15-17H,4-14H2,1-3H3. The first-order chi connectivity index (χ1) is 8.74. The second-order valence-corrected chi connectivity index (χ2v) is 6.20. The average molecular weight is 254 g/mol. The van der Waals surface area contributed by atoms with Crippen LogP contribution in [0.15, 0.2) is 0 Å². The van der Waals surface area contributed by atoms with Crippen LogP contribution in [-0.2, 0) is 0 Å². The van der Waals surface area contributed by atoms with Gasteiger partial charge in [-0.1, -0.05) is 20.3 Å². The van der Waals surface area contributed by atoms with Crippen molar-refractivity contribution in [2.45, 2.75) is 71.3 Å². The lowest BCUT2D eigenvalue weighted by Gasteiger charge is -2.33. The van der Waals surface area contributed by atoms with E-state index in [0.29, 0.717) is 0 Å². The molecule has 0 radical (unpaired) electrons. The molecule has 18 heavy (non-hydrogen) atoms. The smallest absolute Gasteiger partial charge is 0.00924 e. The van der Waals surface area contributed by atoms with Gasteiger partial charge in [0.2, 0.25) is 0 Å². The maximum absolute atomic E-state index is 3.48. The molecule has 108 valence electrons. The fourth-order valence-corrected chi connectivity index (χ4v) is 2.96. The molecule has 0 spiro atoms. The predicted molar refractivity (Wildman–Crippen MR) is 81.1 cm³/mol. The Kier molecular flexibility index (Phi) is 8.70. The molecule has 0 aromatic heterocycles. The Morgan fingerprint density at radius 1 is 1.00 bits per heavy atom. The van der Waals surface area contributed by atoms with Gasteiger partial charge in [-0.25, -0.2) is 0 Å². The minimum Gasteiger partial charge on any atom is -0.317 e. The van der Waals surface area contributed by atoms with Gasteiger partial charge in [0.05, 0.1) is 0 Å². The van der Waals surface area contributed by atoms with E-state index in [1.165, 1.54) is 71.0 Å². The zero-order valence-electron chi connectivity index (χ0n) is 12.9. The lowest BCUT2D eigenvalue weighted by molar-refractivity contribution is 0.168. The van der Waals surface area contributed by atoms with E-state index >= 15 is 0 Å². The van der Waals surface area contributed by atoms with E-state index < -0.39 is 0 Å². The molecule has 0 unspecified atom stereocenters. The summed E-state index contributed by atoms with van der Waals surface area (Å²) in [5.74, 6) is 0.972. The third kappa shape index (κ3) is 6.75. The molecule has 0 aromatic rings. The highest BCUT2D eigenvalue weighted by atomic mass is 15.1. The van der Waals surface area contributed by atoms with Crippen LogP contribution >= 0.6 is 0 Å². The van der Waals surface area contributed by atoms with Crippen molar-refractivity contribution in [2.24, 2.45) is 5.92 Å². The second-order valence-electron chi connectivity index (χ2n) is 6.20. The molecular formula is C16H34N2. The Bertz CT molecular complexity index is 186. The fraction of sp³-hybridized carbons (Fsp3) is 1.00. The molecule has 0 amide bonds. The molecule has 0 aromatic carbocycles. The minimum absolute atomic E-state index is 0.874. The number of nitrogens with one attached hydrogen (secondary N) is 1. The molecule has 2 heteroatoms. The molecule has 0 atom stereocenters. The molecule has 0 aliphatic heterocycles. The van der Waals surface area contributed by atoms with Gasteiger partial charge in [0.15, 0.2) is 0 Å². The van der Waals surface area contributed by atoms with Crippen LogP contribution in [0.1, 0.15) is 65.2 Å². The van der Waals surface area contributed by atoms with E-state index in [0.717, 1.165) is 12.0 Å². The summed E-state index contributed by atoms with van der Waals surface area (Å²) in [5.41, 5.74) is 0. The summed E-state index contributed by atoms with van der Waals surface area (Å²) in [7, 11) is 2.33. The molecule has 1 N–H and O–H groups in total. The third-order valence-corrected chi connectivity index (χ3v) is 4.40. The van der Waals surface area contributed by atoms with Gasteiger partial charge in [0.1, 0.15) is 0 Å². The molecule has 1 aliphatic rings. The Hall–Kier alpha value is -0.0800. The average Bonchev–Trinajstić information content (AvgIpc) is 2.38. The van der Waals surface area contributed by atoms with E-state index in [2.05, 4.69) is 31.1 Å². The van der Waals surface area contributed by atoms with Gasteiger partial charge in [-0.05, 0) is 77.5 Å². The molecule has 1 rings (SSSR count). The van der Waals surface area contributed by atoms with Gasteiger partial charge in [-0.2, -0.15) is 0 Å². The van der Waals surface area contributed by atoms with Crippen LogP contribution in [0.2, 0.25) is 0 Å². The lowest BCUT2D eigenvalue weighted by atomic mass is 9.87. The monoisotopic (exact) mass is 254 g/mol. The summed E-state index contributed by atoms with van der Waals surface area (Å²) in [6.07, 6.45) is 11.1. The van der Waals surface area contributed by atoms with Crippen molar-refractivity contribution in [1.82, 2.24) is 10.2 Å². The fourth-order valence-electron chi connectivity index (χ4n) is 2.96. The highest BCUT2D eigenvalue weighted by Crippen LogP contribution is 2.26. The Balaban J connectivity index is 1.95. The summed E-state index contributed by atoms with van der Waals surface area (Å²) >= 11 is 0. The van der Waals surface area contributed by atoms with Crippen LogP contribution in [0.3, 0.4) is 0 Å². The molecule has 1 fully saturated rings. The van der Waals surface area contributed by atoms with E-state index in [1.54, 1.807) is 0 Å². The van der Waals surface area contributed by atoms with Crippen molar-refractivity contribution >= 4 is 0 Å². The van der Waals surface area contributed by atoms with Crippen molar-refractivity contribution in [3.05, 3.63) is 0 Å². The van der Waals surface area contributed by atoms with Gasteiger partial charge >= 0.3 is 0 Å². The minimum atomic E-state index is 0.874. The largest absolute Gasteiger partial charge is 0.317 e. The van der Waals surface area contributed by atoms with Crippen LogP contribution in [-0.4, -0.2) is 37.6 Å². The Morgan fingerprint density at radius 3 is 2.39 bits per heavy atom. The maximum Gasteiger partial charge on any atom is 0.00924 e. The molecule has 1 saturated carbocycles. The molecule has 0 bridgehead atoms. The SMILES string of the molecule is CCCNCCCCCN(C)C1CCC(C)CC1. The van der Waals surface area contributed by atoms with Crippen LogP contribution in [0, 0.1) is 5.92 Å². The molecule has 2 nitrogen and oxygen atoms in total. The zero-order valence-corrected chi connectivity index (χ0v) is 12.9. The topological polar surface area (TPSA) is 15.3 Å². The van der Waals surface area contributed by atoms with Crippen LogP contribution < -0.4 is 5.32 Å². The maximum atomic E-state index is 3.48. The number of nitrogens with zero attached hydrogens (tertiary/aromatic N) is 1. The quantitative estimate of drug-likeness (QED) is 0.632. The van der Waals surface area contributed by atoms with Crippen LogP contribution in [0.4, 0.5) is 0 Å². The summed E-state index contributed by atoms with van der Waals surface area (Å²) in [6.45, 7) is 8.32. The third-order valence-electron chi connectivity index (χ3n) is 4.40. The van der Waals surface area contributed by atoms with Gasteiger partial charge in [0.25, 0.3) is 0 Å². The normalized spacial score (nSPS) is 24.7. The van der Waals surface area contributed by atoms with Crippen molar-refractivity contribution in [1.29, 1.82) is 0 Å². The van der Waals surface area contributed by atoms with Crippen LogP contribution in [0.25, 0.3) is 0 Å². The Morgan fingerprint density at radius 2 is 1.72 bits per heavy atom. The molecule has 0 heterocycles.